The van der Waals surface area contributed by atoms with E-state index >= 15 is 0 Å². The fourth-order valence-electron chi connectivity index (χ4n) is 9.18. The summed E-state index contributed by atoms with van der Waals surface area (Å²) < 4.78 is 36.5. The molecule has 2 aliphatic heterocycles. The van der Waals surface area contributed by atoms with Gasteiger partial charge in [0.2, 0.25) is 5.91 Å². The third kappa shape index (κ3) is 5.93. The molecule has 2 atom stereocenters. The summed E-state index contributed by atoms with van der Waals surface area (Å²) in [4.78, 5) is 30.4. The molecule has 4 aliphatic rings. The minimum Gasteiger partial charge on any atom is -0.497 e. The van der Waals surface area contributed by atoms with Gasteiger partial charge in [-0.05, 0) is 103 Å². The van der Waals surface area contributed by atoms with Crippen LogP contribution in [0.25, 0.3) is 22.2 Å². The lowest BCUT2D eigenvalue weighted by molar-refractivity contribution is -0.138. The van der Waals surface area contributed by atoms with Crippen LogP contribution in [0.5, 0.6) is 5.75 Å². The largest absolute Gasteiger partial charge is 0.497 e. The van der Waals surface area contributed by atoms with Gasteiger partial charge in [-0.2, -0.15) is 12.7 Å². The maximum Gasteiger partial charge on any atom is 0.303 e. The highest BCUT2D eigenvalue weighted by atomic mass is 35.5. The Morgan fingerprint density at radius 1 is 0.941 bits per heavy atom. The third-order valence-corrected chi connectivity index (χ3v) is 13.7. The van der Waals surface area contributed by atoms with E-state index in [0.717, 1.165) is 87.7 Å². The molecular formula is C40H45ClN4O5S. The van der Waals surface area contributed by atoms with Crippen LogP contribution in [-0.4, -0.2) is 68.3 Å². The van der Waals surface area contributed by atoms with Crippen LogP contribution in [0.2, 0.25) is 5.02 Å². The molecule has 2 amide bonds. The van der Waals surface area contributed by atoms with Gasteiger partial charge in [0.25, 0.3) is 5.91 Å². The van der Waals surface area contributed by atoms with Gasteiger partial charge in [0.1, 0.15) is 5.75 Å². The van der Waals surface area contributed by atoms with E-state index in [0.29, 0.717) is 31.5 Å². The Bertz CT molecular complexity index is 2150. The summed E-state index contributed by atoms with van der Waals surface area (Å²) in [6.07, 6.45) is 8.20. The van der Waals surface area contributed by atoms with Crippen molar-refractivity contribution in [3.05, 3.63) is 87.9 Å². The smallest absolute Gasteiger partial charge is 0.303 e. The van der Waals surface area contributed by atoms with Gasteiger partial charge in [0, 0.05) is 66.7 Å². The molecule has 1 saturated heterocycles. The second-order valence-electron chi connectivity index (χ2n) is 15.1. The molecule has 3 aromatic carbocycles. The molecule has 51 heavy (non-hydrogen) atoms. The number of nitrogens with zero attached hydrogens (tertiary/aromatic N) is 3. The predicted molar refractivity (Wildman–Crippen MR) is 200 cm³/mol. The zero-order valence-corrected chi connectivity index (χ0v) is 31.0. The van der Waals surface area contributed by atoms with Gasteiger partial charge in [0.15, 0.2) is 0 Å². The standard InChI is InChI=1S/C40H45ClN4O5S/c1-43(2)51(48,49)42-38(46)28-12-14-32-35(21-28)45-24-40(39(47)44-18-16-25(17-19-44)27-10-7-11-29(41)20-27)23-34(40)33-22-30(50-3)13-15-31(33)37(45)36(32)26-8-5-4-6-9-26/h7,10-15,20-22,25-26,34H,4-6,8-9,16-19,23-24H2,1-3H3,(H,42,46). The number of nitrogens with one attached hydrogen (secondary N) is 1. The first-order chi connectivity index (χ1) is 24.5. The Balaban J connectivity index is 1.23. The second-order valence-corrected chi connectivity index (χ2v) is 17.4. The van der Waals surface area contributed by atoms with Crippen molar-refractivity contribution in [1.29, 1.82) is 0 Å². The summed E-state index contributed by atoms with van der Waals surface area (Å²) >= 11 is 6.32. The van der Waals surface area contributed by atoms with Crippen molar-refractivity contribution < 1.29 is 22.7 Å². The van der Waals surface area contributed by atoms with E-state index in [1.165, 1.54) is 31.6 Å². The number of carbonyl (C=O) groups is 2. The van der Waals surface area contributed by atoms with Crippen LogP contribution in [0, 0.1) is 5.41 Å². The Kier molecular flexibility index (Phi) is 8.71. The van der Waals surface area contributed by atoms with E-state index in [1.807, 2.05) is 36.4 Å². The van der Waals surface area contributed by atoms with Crippen molar-refractivity contribution in [1.82, 2.24) is 18.5 Å². The van der Waals surface area contributed by atoms with Crippen LogP contribution < -0.4 is 9.46 Å². The number of ether oxygens (including phenoxy) is 1. The van der Waals surface area contributed by atoms with Gasteiger partial charge in [-0.15, -0.1) is 0 Å². The highest BCUT2D eigenvalue weighted by molar-refractivity contribution is 7.87. The molecule has 3 fully saturated rings. The topological polar surface area (TPSA) is 101 Å². The van der Waals surface area contributed by atoms with Crippen LogP contribution in [-0.2, 0) is 21.5 Å². The van der Waals surface area contributed by atoms with Gasteiger partial charge in [0.05, 0.1) is 18.2 Å². The van der Waals surface area contributed by atoms with Crippen molar-refractivity contribution in [2.45, 2.75) is 75.7 Å². The molecule has 268 valence electrons. The molecule has 4 aromatic rings. The summed E-state index contributed by atoms with van der Waals surface area (Å²) in [5.41, 5.74) is 6.36. The maximum absolute atomic E-state index is 14.9. The Morgan fingerprint density at radius 3 is 2.41 bits per heavy atom. The van der Waals surface area contributed by atoms with E-state index in [1.54, 1.807) is 13.2 Å². The molecule has 0 radical (unpaired) electrons. The Hall–Kier alpha value is -3.86. The highest BCUT2D eigenvalue weighted by Gasteiger charge is 2.64. The third-order valence-electron chi connectivity index (χ3n) is 12.0. The summed E-state index contributed by atoms with van der Waals surface area (Å²) in [6.45, 7) is 1.86. The van der Waals surface area contributed by atoms with Gasteiger partial charge in [-0.25, -0.2) is 4.72 Å². The van der Waals surface area contributed by atoms with Gasteiger partial charge >= 0.3 is 10.2 Å². The van der Waals surface area contributed by atoms with Crippen LogP contribution >= 0.6 is 11.6 Å². The molecule has 0 bridgehead atoms. The predicted octanol–water partition coefficient (Wildman–Crippen LogP) is 7.45. The summed E-state index contributed by atoms with van der Waals surface area (Å²) in [7, 11) is 0.472. The molecular weight excluding hydrogens is 684 g/mol. The number of likely N-dealkylation sites (tertiary alicyclic amines) is 1. The van der Waals surface area contributed by atoms with Gasteiger partial charge in [-0.1, -0.05) is 49.1 Å². The van der Waals surface area contributed by atoms with E-state index in [9.17, 15) is 18.0 Å². The number of aromatic nitrogens is 1. The first-order valence-corrected chi connectivity index (χ1v) is 20.0. The molecule has 1 aromatic heterocycles. The fraction of sp³-hybridized carbons (Fsp3) is 0.450. The highest BCUT2D eigenvalue weighted by Crippen LogP contribution is 2.66. The molecule has 2 unspecified atom stereocenters. The van der Waals surface area contributed by atoms with E-state index < -0.39 is 21.5 Å². The number of benzene rings is 3. The Labute approximate surface area is 305 Å². The number of halogens is 1. The normalized spacial score (nSPS) is 22.2. The first kappa shape index (κ1) is 34.2. The van der Waals surface area contributed by atoms with Crippen LogP contribution in [0.3, 0.4) is 0 Å². The second kappa shape index (κ2) is 13.0. The molecule has 2 aliphatic carbocycles. The van der Waals surface area contributed by atoms with Crippen molar-refractivity contribution >= 4 is 44.5 Å². The lowest BCUT2D eigenvalue weighted by Gasteiger charge is -2.35. The molecule has 2 saturated carbocycles. The lowest BCUT2D eigenvalue weighted by atomic mass is 9.81. The minimum absolute atomic E-state index is 0.0339. The van der Waals surface area contributed by atoms with Crippen molar-refractivity contribution in [2.75, 3.05) is 34.3 Å². The van der Waals surface area contributed by atoms with Crippen LogP contribution in [0.1, 0.15) is 96.2 Å². The Morgan fingerprint density at radius 2 is 1.71 bits per heavy atom. The van der Waals surface area contributed by atoms with E-state index in [4.69, 9.17) is 16.3 Å². The zero-order valence-electron chi connectivity index (χ0n) is 29.5. The van der Waals surface area contributed by atoms with Gasteiger partial charge in [-0.3, -0.25) is 9.59 Å². The van der Waals surface area contributed by atoms with Crippen LogP contribution in [0.15, 0.2) is 60.7 Å². The molecule has 11 heteroatoms. The number of carbonyl (C=O) groups excluding carboxylic acids is 2. The summed E-state index contributed by atoms with van der Waals surface area (Å²) in [5.74, 6) is 1.01. The van der Waals surface area contributed by atoms with Crippen molar-refractivity contribution in [2.24, 2.45) is 5.41 Å². The molecule has 9 nitrogen and oxygen atoms in total. The lowest BCUT2D eigenvalue weighted by Crippen LogP contribution is -2.44. The number of hydrogen-bond acceptors (Lipinski definition) is 5. The number of rotatable bonds is 7. The maximum atomic E-state index is 14.9. The fourth-order valence-corrected chi connectivity index (χ4v) is 9.91. The monoisotopic (exact) mass is 728 g/mol. The summed E-state index contributed by atoms with van der Waals surface area (Å²) in [5, 5.41) is 1.80. The number of amides is 2. The number of methoxy groups -OCH3 is 1. The molecule has 3 heterocycles. The van der Waals surface area contributed by atoms with E-state index in [-0.39, 0.29) is 17.4 Å². The van der Waals surface area contributed by atoms with Gasteiger partial charge < -0.3 is 14.2 Å². The van der Waals surface area contributed by atoms with Crippen LogP contribution in [0.4, 0.5) is 0 Å². The first-order valence-electron chi connectivity index (χ1n) is 18.1. The number of hydrogen-bond donors (Lipinski definition) is 1. The minimum atomic E-state index is -3.98. The van der Waals surface area contributed by atoms with Crippen molar-refractivity contribution in [3.8, 4) is 17.0 Å². The summed E-state index contributed by atoms with van der Waals surface area (Å²) in [6, 6.07) is 19.9. The zero-order chi connectivity index (χ0) is 35.7. The molecule has 8 rings (SSSR count). The van der Waals surface area contributed by atoms with Crippen molar-refractivity contribution in [3.63, 3.8) is 0 Å². The number of fused-ring (bicyclic) bond motifs is 7. The SMILES string of the molecule is COc1ccc2c(c1)C1CC1(C(=O)N1CCC(c3cccc(Cl)c3)CC1)Cn1c-2c(C2CCCCC2)c2ccc(C(=O)NS(=O)(=O)N(C)C)cc21. The molecule has 0 spiro atoms. The number of piperidine rings is 1. The molecule has 1 N–H and O–H groups in total. The average Bonchev–Trinajstić information content (AvgIpc) is 3.81. The average molecular weight is 729 g/mol. The van der Waals surface area contributed by atoms with E-state index in [2.05, 4.69) is 32.4 Å². The quantitative estimate of drug-likeness (QED) is 0.213.